The van der Waals surface area contributed by atoms with Crippen molar-refractivity contribution in [1.82, 2.24) is 4.98 Å². The van der Waals surface area contributed by atoms with Gasteiger partial charge in [-0.05, 0) is 67.9 Å². The van der Waals surface area contributed by atoms with Gasteiger partial charge in [-0.1, -0.05) is 0 Å². The third kappa shape index (κ3) is 5.04. The van der Waals surface area contributed by atoms with Crippen LogP contribution in [0.15, 0.2) is 59.7 Å². The van der Waals surface area contributed by atoms with Crippen LogP contribution in [0, 0.1) is 19.3 Å². The minimum absolute atomic E-state index is 0.0222. The van der Waals surface area contributed by atoms with Crippen LogP contribution in [0.25, 0.3) is 0 Å². The van der Waals surface area contributed by atoms with Crippen molar-refractivity contribution in [2.45, 2.75) is 26.0 Å². The highest BCUT2D eigenvalue weighted by Gasteiger charge is 2.36. The number of aryl methyl sites for hydroxylation is 2. The van der Waals surface area contributed by atoms with Gasteiger partial charge in [0.15, 0.2) is 0 Å². The van der Waals surface area contributed by atoms with E-state index in [0.717, 1.165) is 34.1 Å². The zero-order valence-electron chi connectivity index (χ0n) is 19.9. The van der Waals surface area contributed by atoms with Crippen LogP contribution >= 0.6 is 0 Å². The Morgan fingerprint density at radius 3 is 2.66 bits per heavy atom. The van der Waals surface area contributed by atoms with E-state index in [-0.39, 0.29) is 18.0 Å². The van der Waals surface area contributed by atoms with E-state index >= 15 is 0 Å². The summed E-state index contributed by atoms with van der Waals surface area (Å²) in [6.45, 7) is 5.05. The van der Waals surface area contributed by atoms with Crippen LogP contribution in [0.5, 0.6) is 11.5 Å². The Labute approximate surface area is 204 Å². The fraction of sp³-hybridized carbons (Fsp3) is 0.269. The number of hydrogen-bond donors (Lipinski definition) is 4. The van der Waals surface area contributed by atoms with Gasteiger partial charge in [-0.15, -0.1) is 0 Å². The molecule has 3 heterocycles. The Balaban J connectivity index is 1.29. The second-order valence-electron chi connectivity index (χ2n) is 8.55. The van der Waals surface area contributed by atoms with Crippen molar-refractivity contribution in [2.75, 3.05) is 36.2 Å². The molecule has 0 saturated carbocycles. The minimum atomic E-state index is -0.0222. The Morgan fingerprint density at radius 1 is 1.06 bits per heavy atom. The van der Waals surface area contributed by atoms with Crippen molar-refractivity contribution in [3.63, 3.8) is 0 Å². The molecule has 9 heteroatoms. The lowest BCUT2D eigenvalue weighted by Crippen LogP contribution is -2.22. The van der Waals surface area contributed by atoms with Gasteiger partial charge in [0.2, 0.25) is 0 Å². The number of nitrogens with one attached hydrogen (secondary N) is 4. The number of ether oxygens (including phenoxy) is 3. The summed E-state index contributed by atoms with van der Waals surface area (Å²) < 4.78 is 17.2. The molecule has 35 heavy (non-hydrogen) atoms. The van der Waals surface area contributed by atoms with E-state index in [1.165, 1.54) is 0 Å². The summed E-state index contributed by atoms with van der Waals surface area (Å²) in [5.74, 6) is 1.68. The topological polar surface area (TPSA) is 113 Å². The first-order chi connectivity index (χ1) is 17.0. The number of hydrogen-bond acceptors (Lipinski definition) is 8. The number of fused-ring (bicyclic) bond motifs is 1. The van der Waals surface area contributed by atoms with E-state index in [0.29, 0.717) is 30.5 Å². The van der Waals surface area contributed by atoms with E-state index in [1.807, 2.05) is 69.4 Å². The summed E-state index contributed by atoms with van der Waals surface area (Å²) in [6.07, 6.45) is 1.69. The third-order valence-electron chi connectivity index (χ3n) is 5.91. The largest absolute Gasteiger partial charge is 0.457 e. The Morgan fingerprint density at radius 2 is 1.91 bits per heavy atom. The lowest BCUT2D eigenvalue weighted by atomic mass is 10.1. The fourth-order valence-corrected chi connectivity index (χ4v) is 4.01. The molecule has 9 nitrogen and oxygen atoms in total. The van der Waals surface area contributed by atoms with E-state index in [1.54, 1.807) is 6.20 Å². The average molecular weight is 473 g/mol. The third-order valence-corrected chi connectivity index (χ3v) is 5.91. The minimum Gasteiger partial charge on any atom is -0.457 e. The SMILES string of the molecule is CNc1ccc(NC2=NC3COCC3O2)cc1C(=N)Nc1ccc(Oc2ccc(C)nc2)c(C)c1. The van der Waals surface area contributed by atoms with Crippen molar-refractivity contribution in [3.05, 3.63) is 71.5 Å². The molecule has 2 aromatic carbocycles. The summed E-state index contributed by atoms with van der Waals surface area (Å²) in [7, 11) is 1.83. The molecule has 2 aliphatic rings. The molecule has 4 N–H and O–H groups in total. The first-order valence-electron chi connectivity index (χ1n) is 11.5. The van der Waals surface area contributed by atoms with E-state index < -0.39 is 0 Å². The lowest BCUT2D eigenvalue weighted by Gasteiger charge is -2.16. The quantitative estimate of drug-likeness (QED) is 0.308. The number of benzene rings is 2. The van der Waals surface area contributed by atoms with Gasteiger partial charge in [0.1, 0.15) is 29.5 Å². The maximum Gasteiger partial charge on any atom is 0.290 e. The predicted molar refractivity (Wildman–Crippen MR) is 137 cm³/mol. The molecular weight excluding hydrogens is 444 g/mol. The van der Waals surface area contributed by atoms with Gasteiger partial charge in [-0.2, -0.15) is 0 Å². The molecule has 0 aliphatic carbocycles. The Bertz CT molecular complexity index is 1270. The van der Waals surface area contributed by atoms with Crippen molar-refractivity contribution in [3.8, 4) is 11.5 Å². The number of anilines is 3. The van der Waals surface area contributed by atoms with Crippen LogP contribution in [-0.4, -0.2) is 49.2 Å². The second kappa shape index (κ2) is 9.63. The standard InChI is InChI=1S/C26H28N6O3/c1-15-10-17(6-9-23(15)34-19-7-4-16(2)29-12-19)30-25(27)20-11-18(5-8-21(20)28-3)31-26-32-22-13-33-14-24(22)35-26/h4-12,22,24,28H,13-14H2,1-3H3,(H2,27,30)(H,31,32). The molecule has 0 spiro atoms. The fourth-order valence-electron chi connectivity index (χ4n) is 4.01. The van der Waals surface area contributed by atoms with Crippen LogP contribution in [-0.2, 0) is 9.47 Å². The van der Waals surface area contributed by atoms with Gasteiger partial charge < -0.3 is 30.2 Å². The molecule has 0 bridgehead atoms. The van der Waals surface area contributed by atoms with Crippen molar-refractivity contribution in [1.29, 1.82) is 5.41 Å². The highest BCUT2D eigenvalue weighted by atomic mass is 16.6. The molecule has 5 rings (SSSR count). The van der Waals surface area contributed by atoms with E-state index in [2.05, 4.69) is 25.9 Å². The molecule has 2 aliphatic heterocycles. The summed E-state index contributed by atoms with van der Waals surface area (Å²) in [5, 5.41) is 18.3. The summed E-state index contributed by atoms with van der Waals surface area (Å²) in [4.78, 5) is 8.81. The van der Waals surface area contributed by atoms with Gasteiger partial charge in [0.25, 0.3) is 6.02 Å². The molecule has 3 aromatic rings. The number of rotatable bonds is 6. The molecule has 0 amide bonds. The van der Waals surface area contributed by atoms with E-state index in [4.69, 9.17) is 19.6 Å². The van der Waals surface area contributed by atoms with E-state index in [9.17, 15) is 0 Å². The Kier molecular flexibility index (Phi) is 6.24. The maximum absolute atomic E-state index is 8.72. The molecule has 2 unspecified atom stereocenters. The maximum atomic E-state index is 8.72. The number of aromatic nitrogens is 1. The number of aliphatic imine (C=N–C) groups is 1. The second-order valence-corrected chi connectivity index (χ2v) is 8.55. The van der Waals surface area contributed by atoms with Gasteiger partial charge in [0.05, 0.1) is 19.4 Å². The van der Waals surface area contributed by atoms with Gasteiger partial charge in [0, 0.05) is 35.4 Å². The van der Waals surface area contributed by atoms with Crippen molar-refractivity contribution in [2.24, 2.45) is 4.99 Å². The van der Waals surface area contributed by atoms with Crippen LogP contribution in [0.3, 0.4) is 0 Å². The highest BCUT2D eigenvalue weighted by molar-refractivity contribution is 6.10. The monoisotopic (exact) mass is 472 g/mol. The number of nitrogens with zero attached hydrogens (tertiary/aromatic N) is 2. The average Bonchev–Trinajstić information content (AvgIpc) is 3.44. The normalized spacial score (nSPS) is 18.3. The molecule has 180 valence electrons. The zero-order chi connectivity index (χ0) is 24.4. The molecule has 2 atom stereocenters. The predicted octanol–water partition coefficient (Wildman–Crippen LogP) is 4.54. The summed E-state index contributed by atoms with van der Waals surface area (Å²) in [5.41, 5.74) is 5.00. The molecule has 0 radical (unpaired) electrons. The molecule has 1 fully saturated rings. The van der Waals surface area contributed by atoms with Crippen LogP contribution < -0.4 is 20.7 Å². The lowest BCUT2D eigenvalue weighted by molar-refractivity contribution is 0.138. The summed E-state index contributed by atoms with van der Waals surface area (Å²) in [6, 6.07) is 15.8. The number of amidine groups is 2. The van der Waals surface area contributed by atoms with Gasteiger partial charge in [-0.25, -0.2) is 4.99 Å². The molecule has 1 saturated heterocycles. The molecular formula is C26H28N6O3. The van der Waals surface area contributed by atoms with Gasteiger partial charge in [-0.3, -0.25) is 10.4 Å². The first-order valence-corrected chi connectivity index (χ1v) is 11.5. The van der Waals surface area contributed by atoms with Crippen LogP contribution in [0.1, 0.15) is 16.8 Å². The van der Waals surface area contributed by atoms with Crippen molar-refractivity contribution < 1.29 is 14.2 Å². The van der Waals surface area contributed by atoms with Crippen LogP contribution in [0.4, 0.5) is 17.1 Å². The number of pyridine rings is 1. The van der Waals surface area contributed by atoms with Crippen LogP contribution in [0.2, 0.25) is 0 Å². The first kappa shape index (κ1) is 22.7. The summed E-state index contributed by atoms with van der Waals surface area (Å²) >= 11 is 0. The zero-order valence-corrected chi connectivity index (χ0v) is 19.9. The highest BCUT2D eigenvalue weighted by Crippen LogP contribution is 2.29. The smallest absolute Gasteiger partial charge is 0.290 e. The Hall–Kier alpha value is -4.11. The molecule has 1 aromatic heterocycles. The van der Waals surface area contributed by atoms with Gasteiger partial charge >= 0.3 is 0 Å². The van der Waals surface area contributed by atoms with Crippen molar-refractivity contribution >= 4 is 28.9 Å².